The van der Waals surface area contributed by atoms with E-state index in [0.29, 0.717) is 13.2 Å². The van der Waals surface area contributed by atoms with Crippen molar-refractivity contribution in [1.29, 1.82) is 0 Å². The molecular weight excluding hydrogens is 350 g/mol. The summed E-state index contributed by atoms with van der Waals surface area (Å²) < 4.78 is 16.6. The van der Waals surface area contributed by atoms with Crippen molar-refractivity contribution in [1.82, 2.24) is 5.32 Å². The highest BCUT2D eigenvalue weighted by Gasteiger charge is 2.51. The van der Waals surface area contributed by atoms with Gasteiger partial charge in [0, 0.05) is 26.5 Å². The van der Waals surface area contributed by atoms with Gasteiger partial charge < -0.3 is 29.7 Å². The number of ether oxygens (including phenoxy) is 3. The maximum Gasteiger partial charge on any atom is 0.252 e. The molecule has 0 radical (unpaired) electrons. The van der Waals surface area contributed by atoms with Gasteiger partial charge in [-0.2, -0.15) is 0 Å². The summed E-state index contributed by atoms with van der Waals surface area (Å²) in [5, 5.41) is 23.4. The largest absolute Gasteiger partial charge is 0.390 e. The number of hydrogen-bond acceptors (Lipinski definition) is 6. The third-order valence-corrected chi connectivity index (χ3v) is 4.64. The van der Waals surface area contributed by atoms with Crippen molar-refractivity contribution >= 4 is 5.91 Å². The number of aliphatic hydroxyl groups excluding tert-OH is 2. The quantitative estimate of drug-likeness (QED) is 0.411. The Labute approximate surface area is 159 Å². The minimum absolute atomic E-state index is 0.0201. The van der Waals surface area contributed by atoms with Crippen molar-refractivity contribution in [3.8, 4) is 0 Å². The van der Waals surface area contributed by atoms with Crippen LogP contribution in [0, 0.1) is 0 Å². The highest BCUT2D eigenvalue weighted by Crippen LogP contribution is 2.35. The fraction of sp³-hybridized carbons (Fsp3) is 0.550. The van der Waals surface area contributed by atoms with Gasteiger partial charge in [-0.25, -0.2) is 0 Å². The van der Waals surface area contributed by atoms with Gasteiger partial charge >= 0.3 is 0 Å². The summed E-state index contributed by atoms with van der Waals surface area (Å²) in [5.74, 6) is -0.353. The molecule has 0 heterocycles. The Balaban J connectivity index is 2.18. The van der Waals surface area contributed by atoms with Crippen molar-refractivity contribution in [3.63, 3.8) is 0 Å². The smallest absolute Gasteiger partial charge is 0.252 e. The van der Waals surface area contributed by atoms with Crippen molar-refractivity contribution in [2.24, 2.45) is 0 Å². The van der Waals surface area contributed by atoms with E-state index >= 15 is 0 Å². The van der Waals surface area contributed by atoms with Crippen molar-refractivity contribution < 1.29 is 29.2 Å². The van der Waals surface area contributed by atoms with Crippen molar-refractivity contribution in [3.05, 3.63) is 48.6 Å². The summed E-state index contributed by atoms with van der Waals surface area (Å²) in [6, 6.07) is 9.47. The van der Waals surface area contributed by atoms with Gasteiger partial charge in [-0.3, -0.25) is 4.79 Å². The van der Waals surface area contributed by atoms with Crippen LogP contribution in [-0.4, -0.2) is 66.9 Å². The molecule has 0 bridgehead atoms. The maximum absolute atomic E-state index is 12.9. The lowest BCUT2D eigenvalue weighted by Crippen LogP contribution is -2.60. The first kappa shape index (κ1) is 21.5. The molecule has 3 N–H and O–H groups in total. The van der Waals surface area contributed by atoms with E-state index < -0.39 is 23.9 Å². The lowest BCUT2D eigenvalue weighted by molar-refractivity contribution is -0.196. The van der Waals surface area contributed by atoms with E-state index in [1.165, 1.54) is 0 Å². The Kier molecular flexibility index (Phi) is 8.40. The molecule has 1 saturated carbocycles. The molecule has 1 fully saturated rings. The molecule has 1 aliphatic carbocycles. The normalized spacial score (nSPS) is 27.9. The second-order valence-corrected chi connectivity index (χ2v) is 6.64. The molecule has 0 saturated heterocycles. The predicted octanol–water partition coefficient (Wildman–Crippen LogP) is 0.791. The monoisotopic (exact) mass is 379 g/mol. The minimum atomic E-state index is -1.31. The topological polar surface area (TPSA) is 97.3 Å². The van der Waals surface area contributed by atoms with Crippen LogP contribution in [0.1, 0.15) is 18.4 Å². The second kappa shape index (κ2) is 10.5. The first-order chi connectivity index (χ1) is 13.0. The van der Waals surface area contributed by atoms with Crippen LogP contribution in [0.15, 0.2) is 43.0 Å². The van der Waals surface area contributed by atoms with Gasteiger partial charge in [-0.05, 0) is 5.56 Å². The SMILES string of the molecule is C=CCOC1C[C@](OCc2ccccc2)(C(=O)NCCOC)C[C@@H](O)[C@H]1O. The number of amides is 1. The maximum atomic E-state index is 12.9. The van der Waals surface area contributed by atoms with Gasteiger partial charge in [-0.15, -0.1) is 6.58 Å². The van der Waals surface area contributed by atoms with Gasteiger partial charge in [0.05, 0.1) is 32.0 Å². The molecule has 0 aromatic heterocycles. The Morgan fingerprint density at radius 1 is 1.33 bits per heavy atom. The third-order valence-electron chi connectivity index (χ3n) is 4.64. The second-order valence-electron chi connectivity index (χ2n) is 6.64. The number of hydrogen-bond donors (Lipinski definition) is 3. The van der Waals surface area contributed by atoms with E-state index in [0.717, 1.165) is 5.56 Å². The number of methoxy groups -OCH3 is 1. The number of carbonyl (C=O) groups is 1. The van der Waals surface area contributed by atoms with E-state index in [9.17, 15) is 15.0 Å². The summed E-state index contributed by atoms with van der Waals surface area (Å²) in [6.07, 6.45) is -1.31. The fourth-order valence-electron chi connectivity index (χ4n) is 3.18. The Hall–Kier alpha value is -1.77. The van der Waals surface area contributed by atoms with Crippen LogP contribution >= 0.6 is 0 Å². The van der Waals surface area contributed by atoms with Gasteiger partial charge in [-0.1, -0.05) is 36.4 Å². The number of benzene rings is 1. The zero-order chi connectivity index (χ0) is 19.7. The molecule has 1 aliphatic rings. The predicted molar refractivity (Wildman–Crippen MR) is 100 cm³/mol. The van der Waals surface area contributed by atoms with Gasteiger partial charge in [0.15, 0.2) is 5.60 Å². The number of carbonyl (C=O) groups excluding carboxylic acids is 1. The molecule has 150 valence electrons. The zero-order valence-corrected chi connectivity index (χ0v) is 15.7. The van der Waals surface area contributed by atoms with Gasteiger partial charge in [0.1, 0.15) is 6.10 Å². The van der Waals surface area contributed by atoms with Crippen LogP contribution in [0.2, 0.25) is 0 Å². The molecule has 27 heavy (non-hydrogen) atoms. The van der Waals surface area contributed by atoms with E-state index in [4.69, 9.17) is 14.2 Å². The van der Waals surface area contributed by atoms with Gasteiger partial charge in [0.2, 0.25) is 0 Å². The molecule has 1 amide bonds. The van der Waals surface area contributed by atoms with Crippen LogP contribution in [0.4, 0.5) is 0 Å². The average molecular weight is 379 g/mol. The first-order valence-electron chi connectivity index (χ1n) is 9.06. The molecule has 0 aliphatic heterocycles. The first-order valence-corrected chi connectivity index (χ1v) is 9.06. The summed E-state index contributed by atoms with van der Waals surface area (Å²) >= 11 is 0. The molecule has 1 aromatic rings. The van der Waals surface area contributed by atoms with Crippen molar-refractivity contribution in [2.45, 2.75) is 43.4 Å². The minimum Gasteiger partial charge on any atom is -0.390 e. The fourth-order valence-corrected chi connectivity index (χ4v) is 3.18. The van der Waals surface area contributed by atoms with Crippen LogP contribution in [0.3, 0.4) is 0 Å². The zero-order valence-electron chi connectivity index (χ0n) is 15.7. The molecule has 7 nitrogen and oxygen atoms in total. The number of rotatable bonds is 10. The van der Waals surface area contributed by atoms with E-state index in [1.807, 2.05) is 30.3 Å². The molecular formula is C20H29NO6. The molecule has 0 spiro atoms. The Morgan fingerprint density at radius 2 is 2.07 bits per heavy atom. The molecule has 1 unspecified atom stereocenters. The number of nitrogens with one attached hydrogen (secondary N) is 1. The van der Waals surface area contributed by atoms with E-state index in [2.05, 4.69) is 11.9 Å². The standard InChI is InChI=1S/C20H29NO6/c1-3-10-26-17-13-20(12-16(22)18(17)23,19(24)21-9-11-25-2)27-14-15-7-5-4-6-8-15/h3-8,16-18,22-23H,1,9-14H2,2H3,(H,21,24)/t16-,17?,18-,20+/m1/s1. The summed E-state index contributed by atoms with van der Waals surface area (Å²) in [6.45, 7) is 4.68. The highest BCUT2D eigenvalue weighted by atomic mass is 16.5. The lowest BCUT2D eigenvalue weighted by atomic mass is 9.78. The van der Waals surface area contributed by atoms with Crippen LogP contribution < -0.4 is 5.32 Å². The lowest BCUT2D eigenvalue weighted by Gasteiger charge is -2.43. The third kappa shape index (κ3) is 5.85. The van der Waals surface area contributed by atoms with Gasteiger partial charge in [0.25, 0.3) is 5.91 Å². The highest BCUT2D eigenvalue weighted by molar-refractivity contribution is 5.85. The van der Waals surface area contributed by atoms with E-state index in [1.54, 1.807) is 13.2 Å². The molecule has 2 rings (SSSR count). The Morgan fingerprint density at radius 3 is 2.74 bits per heavy atom. The average Bonchev–Trinajstić information content (AvgIpc) is 2.68. The molecule has 4 atom stereocenters. The molecule has 7 heteroatoms. The van der Waals surface area contributed by atoms with Crippen molar-refractivity contribution in [2.75, 3.05) is 26.9 Å². The number of aliphatic hydroxyl groups is 2. The Bertz CT molecular complexity index is 595. The van der Waals surface area contributed by atoms with Crippen LogP contribution in [0.25, 0.3) is 0 Å². The van der Waals surface area contributed by atoms with E-state index in [-0.39, 0.29) is 32.0 Å². The summed E-state index contributed by atoms with van der Waals surface area (Å²) in [5.41, 5.74) is -0.403. The summed E-state index contributed by atoms with van der Waals surface area (Å²) in [7, 11) is 1.55. The molecule has 1 aromatic carbocycles. The van der Waals surface area contributed by atoms with Crippen LogP contribution in [-0.2, 0) is 25.6 Å². The van der Waals surface area contributed by atoms with Crippen LogP contribution in [0.5, 0.6) is 0 Å². The summed E-state index contributed by atoms with van der Waals surface area (Å²) in [4.78, 5) is 12.9.